The Morgan fingerprint density at radius 1 is 0.314 bits per heavy atom. The van der Waals surface area contributed by atoms with E-state index in [1.165, 1.54) is 161 Å². The predicted octanol–water partition coefficient (Wildman–Crippen LogP) is 19.0. The Morgan fingerprint density at radius 3 is 0.791 bits per heavy atom. The van der Waals surface area contributed by atoms with Crippen molar-refractivity contribution in [1.82, 2.24) is 0 Å². The summed E-state index contributed by atoms with van der Waals surface area (Å²) in [6.07, 6.45) is 46.9. The molecule has 0 spiro atoms. The summed E-state index contributed by atoms with van der Waals surface area (Å²) < 4.78 is 67.7. The first-order valence-electron chi connectivity index (χ1n) is 35.1. The number of hydrogen-bond acceptors (Lipinski definition) is 15. The van der Waals surface area contributed by atoms with E-state index < -0.39 is 97.5 Å². The van der Waals surface area contributed by atoms with Crippen molar-refractivity contribution >= 4 is 39.5 Å². The zero-order chi connectivity index (χ0) is 63.5. The normalized spacial score (nSPS) is 14.2. The van der Waals surface area contributed by atoms with Crippen LogP contribution in [0.4, 0.5) is 0 Å². The zero-order valence-corrected chi connectivity index (χ0v) is 57.2. The monoisotopic (exact) mass is 1270 g/mol. The van der Waals surface area contributed by atoms with Gasteiger partial charge in [-0.15, -0.1) is 0 Å². The van der Waals surface area contributed by atoms with Gasteiger partial charge in [-0.1, -0.05) is 291 Å². The highest BCUT2D eigenvalue weighted by Crippen LogP contribution is 2.45. The largest absolute Gasteiger partial charge is 0.472 e. The smallest absolute Gasteiger partial charge is 0.462 e. The fourth-order valence-electron chi connectivity index (χ4n) is 10.1. The molecular weight excluding hydrogens is 1140 g/mol. The van der Waals surface area contributed by atoms with Gasteiger partial charge in [-0.25, -0.2) is 9.13 Å². The molecular formula is C67H130O17P2. The highest BCUT2D eigenvalue weighted by molar-refractivity contribution is 7.47. The van der Waals surface area contributed by atoms with E-state index >= 15 is 0 Å². The number of hydrogen-bond donors (Lipinski definition) is 3. The second-order valence-electron chi connectivity index (χ2n) is 24.7. The standard InChI is InChI=1S/C67H130O17P2/c1-6-9-12-15-16-17-18-19-20-21-22-23-24-25-26-27-32-35-38-43-48-53-67(72)84-63(57-78-65(70)51-46-42-37-34-31-29-28-30-33-36-41-44-49-60(4)5)59-82-86(75,76)80-55-61(68)54-79-85(73,74)81-58-62(83-66(71)52-47-40-14-11-8-3)56-77-64(69)50-45-39-13-10-7-2/h60-63,68H,6-59H2,1-5H3,(H,73,74)(H,75,76)/t61-,62+,63+/m0/s1. The van der Waals surface area contributed by atoms with E-state index in [1.54, 1.807) is 0 Å². The molecule has 19 heteroatoms. The highest BCUT2D eigenvalue weighted by atomic mass is 31.2. The van der Waals surface area contributed by atoms with Crippen LogP contribution in [-0.4, -0.2) is 96.7 Å². The van der Waals surface area contributed by atoms with Gasteiger partial charge in [0.25, 0.3) is 0 Å². The molecule has 0 aliphatic rings. The molecule has 0 aliphatic heterocycles. The molecule has 5 atom stereocenters. The fraction of sp³-hybridized carbons (Fsp3) is 0.940. The molecule has 0 radical (unpaired) electrons. The lowest BCUT2D eigenvalue weighted by Crippen LogP contribution is -2.30. The lowest BCUT2D eigenvalue weighted by atomic mass is 10.0. The molecule has 3 N–H and O–H groups in total. The Bertz CT molecular complexity index is 1670. The topological polar surface area (TPSA) is 237 Å². The Hall–Kier alpha value is -1.94. The first-order valence-corrected chi connectivity index (χ1v) is 38.1. The lowest BCUT2D eigenvalue weighted by molar-refractivity contribution is -0.161. The van der Waals surface area contributed by atoms with Gasteiger partial charge < -0.3 is 33.8 Å². The molecule has 510 valence electrons. The minimum atomic E-state index is -4.94. The maximum atomic E-state index is 13.0. The Labute approximate surface area is 524 Å². The van der Waals surface area contributed by atoms with E-state index in [4.69, 9.17) is 37.0 Å². The third kappa shape index (κ3) is 60.9. The fourth-order valence-corrected chi connectivity index (χ4v) is 11.7. The maximum Gasteiger partial charge on any atom is 0.472 e. The Morgan fingerprint density at radius 2 is 0.535 bits per heavy atom. The molecule has 0 saturated heterocycles. The average molecular weight is 1270 g/mol. The van der Waals surface area contributed by atoms with Gasteiger partial charge in [0.05, 0.1) is 26.4 Å². The second-order valence-corrected chi connectivity index (χ2v) is 27.6. The first-order chi connectivity index (χ1) is 41.5. The van der Waals surface area contributed by atoms with Gasteiger partial charge in [-0.2, -0.15) is 0 Å². The number of ether oxygens (including phenoxy) is 4. The zero-order valence-electron chi connectivity index (χ0n) is 55.4. The number of esters is 4. The molecule has 0 bridgehead atoms. The average Bonchev–Trinajstić information content (AvgIpc) is 3.68. The predicted molar refractivity (Wildman–Crippen MR) is 345 cm³/mol. The maximum absolute atomic E-state index is 13.0. The number of aliphatic hydroxyl groups is 1. The van der Waals surface area contributed by atoms with E-state index in [0.717, 1.165) is 102 Å². The van der Waals surface area contributed by atoms with Crippen molar-refractivity contribution in [2.24, 2.45) is 5.92 Å². The molecule has 0 amide bonds. The molecule has 17 nitrogen and oxygen atoms in total. The van der Waals surface area contributed by atoms with Crippen LogP contribution in [-0.2, 0) is 65.4 Å². The van der Waals surface area contributed by atoms with Crippen LogP contribution in [0.1, 0.15) is 343 Å². The van der Waals surface area contributed by atoms with Crippen molar-refractivity contribution < 1.29 is 80.2 Å². The molecule has 0 aromatic carbocycles. The van der Waals surface area contributed by atoms with Crippen molar-refractivity contribution in [1.29, 1.82) is 0 Å². The highest BCUT2D eigenvalue weighted by Gasteiger charge is 2.30. The summed E-state index contributed by atoms with van der Waals surface area (Å²) in [6, 6.07) is 0. The Balaban J connectivity index is 5.04. The van der Waals surface area contributed by atoms with Gasteiger partial charge in [0.1, 0.15) is 19.3 Å². The van der Waals surface area contributed by atoms with E-state index in [0.29, 0.717) is 25.7 Å². The summed E-state index contributed by atoms with van der Waals surface area (Å²) in [6.45, 7) is 7.04. The number of aliphatic hydroxyl groups excluding tert-OH is 1. The number of rotatable bonds is 67. The van der Waals surface area contributed by atoms with Crippen LogP contribution in [0.3, 0.4) is 0 Å². The van der Waals surface area contributed by atoms with Crippen LogP contribution >= 0.6 is 15.6 Å². The number of carbonyl (C=O) groups is 4. The molecule has 0 rings (SSSR count). The quantitative estimate of drug-likeness (QED) is 0.0222. The van der Waals surface area contributed by atoms with Gasteiger partial charge in [0.15, 0.2) is 12.2 Å². The molecule has 0 saturated carbocycles. The van der Waals surface area contributed by atoms with Gasteiger partial charge >= 0.3 is 39.5 Å². The van der Waals surface area contributed by atoms with Crippen molar-refractivity contribution in [3.63, 3.8) is 0 Å². The first kappa shape index (κ1) is 84.1. The molecule has 0 heterocycles. The SMILES string of the molecule is CCCCCCCCCCCCCCCCCCCCCCCC(=O)O[C@H](COC(=O)CCCCCCCCCCCCCCC(C)C)COP(=O)(O)OC[C@@H](O)COP(=O)(O)OC[C@@H](COC(=O)CCCCCCC)OC(=O)CCCCCCC. The molecule has 0 aliphatic carbocycles. The van der Waals surface area contributed by atoms with Crippen LogP contribution in [0.2, 0.25) is 0 Å². The lowest BCUT2D eigenvalue weighted by Gasteiger charge is -2.21. The van der Waals surface area contributed by atoms with E-state index in [-0.39, 0.29) is 25.7 Å². The van der Waals surface area contributed by atoms with Gasteiger partial charge in [-0.3, -0.25) is 37.3 Å². The van der Waals surface area contributed by atoms with E-state index in [2.05, 4.69) is 34.6 Å². The van der Waals surface area contributed by atoms with Crippen LogP contribution in [0.5, 0.6) is 0 Å². The summed E-state index contributed by atoms with van der Waals surface area (Å²) in [7, 11) is -9.87. The van der Waals surface area contributed by atoms with Gasteiger partial charge in [0, 0.05) is 25.7 Å². The molecule has 0 aromatic rings. The van der Waals surface area contributed by atoms with Gasteiger partial charge in [0.2, 0.25) is 0 Å². The van der Waals surface area contributed by atoms with Crippen molar-refractivity contribution in [2.75, 3.05) is 39.6 Å². The van der Waals surface area contributed by atoms with Crippen molar-refractivity contribution in [3.8, 4) is 0 Å². The molecule has 0 aromatic heterocycles. The molecule has 86 heavy (non-hydrogen) atoms. The van der Waals surface area contributed by atoms with Crippen LogP contribution < -0.4 is 0 Å². The van der Waals surface area contributed by atoms with E-state index in [9.17, 15) is 43.2 Å². The number of carbonyl (C=O) groups excluding carboxylic acids is 4. The molecule has 0 fully saturated rings. The summed E-state index contributed by atoms with van der Waals surface area (Å²) in [5.74, 6) is -1.37. The van der Waals surface area contributed by atoms with Crippen molar-refractivity contribution in [2.45, 2.75) is 361 Å². The summed E-state index contributed by atoms with van der Waals surface area (Å²) in [5, 5.41) is 10.5. The molecule has 2 unspecified atom stereocenters. The number of phosphoric ester groups is 2. The van der Waals surface area contributed by atoms with E-state index in [1.807, 2.05) is 0 Å². The third-order valence-corrected chi connectivity index (χ3v) is 17.4. The van der Waals surface area contributed by atoms with Gasteiger partial charge in [-0.05, 0) is 31.6 Å². The van der Waals surface area contributed by atoms with Crippen LogP contribution in [0, 0.1) is 5.92 Å². The van der Waals surface area contributed by atoms with Crippen LogP contribution in [0.15, 0.2) is 0 Å². The number of phosphoric acid groups is 2. The number of unbranched alkanes of at least 4 members (excludes halogenated alkanes) is 39. The van der Waals surface area contributed by atoms with Crippen molar-refractivity contribution in [3.05, 3.63) is 0 Å². The summed E-state index contributed by atoms with van der Waals surface area (Å²) in [4.78, 5) is 71.8. The summed E-state index contributed by atoms with van der Waals surface area (Å²) in [5.41, 5.74) is 0. The minimum Gasteiger partial charge on any atom is -0.462 e. The minimum absolute atomic E-state index is 0.0990. The third-order valence-electron chi connectivity index (χ3n) is 15.5. The van der Waals surface area contributed by atoms with Crippen LogP contribution in [0.25, 0.3) is 0 Å². The summed E-state index contributed by atoms with van der Waals surface area (Å²) >= 11 is 0. The second kappa shape index (κ2) is 60.6. The Kier molecular flexibility index (Phi) is 59.2.